The Balaban J connectivity index is 0.000000235. The lowest BCUT2D eigenvalue weighted by Gasteiger charge is -2.08. The molecular formula is C13H14N4O5. The molecule has 0 unspecified atom stereocenters. The van der Waals surface area contributed by atoms with Gasteiger partial charge in [0.1, 0.15) is 0 Å². The molecule has 116 valence electrons. The summed E-state index contributed by atoms with van der Waals surface area (Å²) in [6.07, 6.45) is 3.82. The number of hydrogen-bond donors (Lipinski definition) is 0. The highest BCUT2D eigenvalue weighted by Crippen LogP contribution is 2.27. The van der Waals surface area contributed by atoms with Crippen molar-refractivity contribution in [2.24, 2.45) is 0 Å². The van der Waals surface area contributed by atoms with Crippen LogP contribution in [0.25, 0.3) is 0 Å². The molecule has 9 heteroatoms. The molecule has 2 rings (SSSR count). The summed E-state index contributed by atoms with van der Waals surface area (Å²) in [7, 11) is 4.05. The molecule has 1 N–H and O–H groups in total. The molecule has 2 aromatic rings. The largest absolute Gasteiger partial charge is 0.868 e. The molecule has 0 aliphatic carbocycles. The second kappa shape index (κ2) is 7.53. The van der Waals surface area contributed by atoms with Gasteiger partial charge in [0.05, 0.1) is 15.9 Å². The van der Waals surface area contributed by atoms with Crippen LogP contribution in [0, 0.1) is 20.2 Å². The maximum Gasteiger partial charge on any atom is 0.276 e. The fourth-order valence-corrected chi connectivity index (χ4v) is 1.44. The van der Waals surface area contributed by atoms with Crippen LogP contribution < -0.4 is 15.0 Å². The van der Waals surface area contributed by atoms with E-state index in [9.17, 15) is 25.3 Å². The highest BCUT2D eigenvalue weighted by Gasteiger charge is 2.13. The Morgan fingerprint density at radius 3 is 2.00 bits per heavy atom. The highest BCUT2D eigenvalue weighted by molar-refractivity contribution is 5.51. The maximum atomic E-state index is 10.8. The van der Waals surface area contributed by atoms with E-state index in [-0.39, 0.29) is 0 Å². The van der Waals surface area contributed by atoms with Gasteiger partial charge in [-0.2, -0.15) is 0 Å². The SMILES string of the molecule is CN(C)c1cc[nH+]cc1.O=[N+]([O-])c1ccc([O-])c([N+](=O)[O-])c1. The zero-order valence-electron chi connectivity index (χ0n) is 11.9. The first kappa shape index (κ1) is 16.8. The summed E-state index contributed by atoms with van der Waals surface area (Å²) >= 11 is 0. The van der Waals surface area contributed by atoms with Crippen molar-refractivity contribution in [3.05, 3.63) is 63.0 Å². The van der Waals surface area contributed by atoms with Gasteiger partial charge in [-0.1, -0.05) is 6.07 Å². The predicted molar refractivity (Wildman–Crippen MR) is 76.5 cm³/mol. The van der Waals surface area contributed by atoms with E-state index in [2.05, 4.69) is 9.88 Å². The standard InChI is InChI=1S/C7H10N2.C6H4N2O5/c1-9(2)7-3-5-8-6-4-7;9-6-2-1-4(7(10)11)3-5(6)8(12)13/h3-6H,1-2H3;1-3,9H. The first-order valence-corrected chi connectivity index (χ1v) is 6.06. The lowest BCUT2D eigenvalue weighted by atomic mass is 10.2. The number of nitrogens with zero attached hydrogens (tertiary/aromatic N) is 3. The smallest absolute Gasteiger partial charge is 0.276 e. The van der Waals surface area contributed by atoms with Crippen LogP contribution in [0.1, 0.15) is 0 Å². The summed E-state index contributed by atoms with van der Waals surface area (Å²) in [6, 6.07) is 6.42. The van der Waals surface area contributed by atoms with Crippen LogP contribution in [0.3, 0.4) is 0 Å². The van der Waals surface area contributed by atoms with Gasteiger partial charge in [0.25, 0.3) is 11.4 Å². The predicted octanol–water partition coefficient (Wildman–Crippen LogP) is 1.14. The second-order valence-electron chi connectivity index (χ2n) is 4.32. The van der Waals surface area contributed by atoms with Crippen molar-refractivity contribution < 1.29 is 19.9 Å². The first-order valence-electron chi connectivity index (χ1n) is 6.06. The molecule has 0 fully saturated rings. The Kier molecular flexibility index (Phi) is 5.75. The van der Waals surface area contributed by atoms with Gasteiger partial charge in [-0.15, -0.1) is 0 Å². The van der Waals surface area contributed by atoms with Crippen LogP contribution >= 0.6 is 0 Å². The van der Waals surface area contributed by atoms with Crippen molar-refractivity contribution in [3.8, 4) is 5.75 Å². The van der Waals surface area contributed by atoms with Crippen LogP contribution in [0.15, 0.2) is 42.7 Å². The number of pyridine rings is 1. The summed E-state index contributed by atoms with van der Waals surface area (Å²) in [5, 5.41) is 31.1. The van der Waals surface area contributed by atoms with Crippen LogP contribution in [-0.4, -0.2) is 23.9 Å². The summed E-state index contributed by atoms with van der Waals surface area (Å²) in [4.78, 5) is 23.6. The third-order valence-corrected chi connectivity index (χ3v) is 2.57. The number of anilines is 1. The fourth-order valence-electron chi connectivity index (χ4n) is 1.44. The number of nitrogens with one attached hydrogen (secondary N) is 1. The van der Waals surface area contributed by atoms with Gasteiger partial charge in [0.15, 0.2) is 12.4 Å². The molecule has 0 amide bonds. The lowest BCUT2D eigenvalue weighted by Crippen LogP contribution is -2.10. The normalized spacial score (nSPS) is 9.36. The van der Waals surface area contributed by atoms with E-state index in [1.54, 1.807) is 0 Å². The molecule has 22 heavy (non-hydrogen) atoms. The molecule has 0 saturated carbocycles. The topological polar surface area (TPSA) is 127 Å². The Morgan fingerprint density at radius 2 is 1.59 bits per heavy atom. The molecule has 0 atom stereocenters. The van der Waals surface area contributed by atoms with E-state index < -0.39 is 27.0 Å². The number of hydrogen-bond acceptors (Lipinski definition) is 6. The van der Waals surface area contributed by atoms with E-state index in [0.717, 1.165) is 12.1 Å². The van der Waals surface area contributed by atoms with Gasteiger partial charge in [0.2, 0.25) is 0 Å². The number of nitro groups is 2. The number of aromatic nitrogens is 1. The maximum absolute atomic E-state index is 10.8. The van der Waals surface area contributed by atoms with Crippen molar-refractivity contribution in [2.75, 3.05) is 19.0 Å². The van der Waals surface area contributed by atoms with E-state index in [4.69, 9.17) is 0 Å². The molecular weight excluding hydrogens is 292 g/mol. The van der Waals surface area contributed by atoms with E-state index in [0.29, 0.717) is 6.07 Å². The molecule has 0 saturated heterocycles. The average molecular weight is 306 g/mol. The fraction of sp³-hybridized carbons (Fsp3) is 0.154. The third-order valence-electron chi connectivity index (χ3n) is 2.57. The van der Waals surface area contributed by atoms with Gasteiger partial charge in [0, 0.05) is 38.0 Å². The molecule has 0 spiro atoms. The minimum absolute atomic E-state index is 0.466. The zero-order chi connectivity index (χ0) is 16.7. The number of aromatic amines is 1. The van der Waals surface area contributed by atoms with E-state index in [1.807, 2.05) is 38.6 Å². The summed E-state index contributed by atoms with van der Waals surface area (Å²) in [6.45, 7) is 0. The quantitative estimate of drug-likeness (QED) is 0.618. The van der Waals surface area contributed by atoms with Gasteiger partial charge >= 0.3 is 0 Å². The molecule has 0 aliphatic rings. The van der Waals surface area contributed by atoms with Crippen LogP contribution in [-0.2, 0) is 0 Å². The molecule has 0 bridgehead atoms. The monoisotopic (exact) mass is 306 g/mol. The molecule has 0 aliphatic heterocycles. The van der Waals surface area contributed by atoms with E-state index in [1.165, 1.54) is 5.69 Å². The molecule has 1 aromatic heterocycles. The Hall–Kier alpha value is -3.23. The minimum Gasteiger partial charge on any atom is -0.868 e. The number of non-ortho nitro benzene ring substituents is 1. The average Bonchev–Trinajstić information content (AvgIpc) is 2.48. The van der Waals surface area contributed by atoms with Gasteiger partial charge < -0.3 is 10.0 Å². The number of benzene rings is 1. The minimum atomic E-state index is -0.949. The number of rotatable bonds is 3. The van der Waals surface area contributed by atoms with Crippen molar-refractivity contribution in [2.45, 2.75) is 0 Å². The summed E-state index contributed by atoms with van der Waals surface area (Å²) in [5.41, 5.74) is -0.0331. The van der Waals surface area contributed by atoms with Crippen molar-refractivity contribution in [3.63, 3.8) is 0 Å². The molecule has 0 radical (unpaired) electrons. The van der Waals surface area contributed by atoms with Gasteiger partial charge in [-0.05, 0) is 5.75 Å². The van der Waals surface area contributed by atoms with Crippen molar-refractivity contribution in [1.29, 1.82) is 0 Å². The zero-order valence-corrected chi connectivity index (χ0v) is 11.9. The summed E-state index contributed by atoms with van der Waals surface area (Å²) in [5.74, 6) is -0.837. The Morgan fingerprint density at radius 1 is 1.00 bits per heavy atom. The van der Waals surface area contributed by atoms with Gasteiger partial charge in [-0.25, -0.2) is 4.98 Å². The highest BCUT2D eigenvalue weighted by atomic mass is 16.6. The number of nitro benzene ring substituents is 2. The van der Waals surface area contributed by atoms with Crippen molar-refractivity contribution >= 4 is 17.1 Å². The van der Waals surface area contributed by atoms with E-state index >= 15 is 0 Å². The lowest BCUT2D eigenvalue weighted by molar-refractivity contribution is -0.403. The molecule has 1 aromatic carbocycles. The second-order valence-corrected chi connectivity index (χ2v) is 4.32. The van der Waals surface area contributed by atoms with Crippen LogP contribution in [0.4, 0.5) is 17.1 Å². The first-order chi connectivity index (χ1) is 10.3. The third kappa shape index (κ3) is 4.71. The Labute approximate surface area is 125 Å². The molecule has 9 nitrogen and oxygen atoms in total. The number of H-pyrrole nitrogens is 1. The molecule has 1 heterocycles. The Bertz CT molecular complexity index is 661. The van der Waals surface area contributed by atoms with Gasteiger partial charge in [-0.3, -0.25) is 20.2 Å². The summed E-state index contributed by atoms with van der Waals surface area (Å²) < 4.78 is 0. The van der Waals surface area contributed by atoms with Crippen molar-refractivity contribution in [1.82, 2.24) is 0 Å². The van der Waals surface area contributed by atoms with Crippen LogP contribution in [0.5, 0.6) is 5.75 Å². The van der Waals surface area contributed by atoms with Crippen LogP contribution in [0.2, 0.25) is 0 Å².